The monoisotopic (exact) mass is 365 g/mol. The summed E-state index contributed by atoms with van der Waals surface area (Å²) in [5.74, 6) is 0.568. The quantitative estimate of drug-likeness (QED) is 0.539. The molecule has 1 heterocycles. The van der Waals surface area contributed by atoms with Gasteiger partial charge in [-0.1, -0.05) is 36.4 Å². The van der Waals surface area contributed by atoms with E-state index in [0.29, 0.717) is 13.1 Å². The highest BCUT2D eigenvalue weighted by molar-refractivity contribution is 5.79. The first-order chi connectivity index (χ1) is 13.1. The Hall–Kier alpha value is -3.15. The van der Waals surface area contributed by atoms with Crippen LogP contribution in [-0.4, -0.2) is 34.5 Å². The summed E-state index contributed by atoms with van der Waals surface area (Å²) < 4.78 is 15.1. The summed E-state index contributed by atoms with van der Waals surface area (Å²) in [6.45, 7) is 2.13. The summed E-state index contributed by atoms with van der Waals surface area (Å²) in [4.78, 5) is 10.4. The Labute approximate surface area is 159 Å². The molecule has 0 fully saturated rings. The van der Waals surface area contributed by atoms with Crippen LogP contribution in [0.1, 0.15) is 16.7 Å². The van der Waals surface area contributed by atoms with E-state index in [0.717, 1.165) is 18.1 Å². The van der Waals surface area contributed by atoms with Crippen molar-refractivity contribution in [2.24, 2.45) is 4.99 Å². The zero-order valence-corrected chi connectivity index (χ0v) is 15.6. The van der Waals surface area contributed by atoms with E-state index >= 15 is 0 Å². The van der Waals surface area contributed by atoms with E-state index in [9.17, 15) is 4.39 Å². The molecule has 0 saturated heterocycles. The molecule has 0 bridgehead atoms. The largest absolute Gasteiger partial charge is 0.352 e. The molecule has 0 aliphatic heterocycles. The second-order valence-electron chi connectivity index (χ2n) is 6.44. The van der Waals surface area contributed by atoms with Crippen LogP contribution in [0.5, 0.6) is 0 Å². The number of nitrogens with zero attached hydrogens (tertiary/aromatic N) is 4. The van der Waals surface area contributed by atoms with Crippen LogP contribution in [0.4, 0.5) is 4.39 Å². The number of aromatic nitrogens is 2. The third kappa shape index (κ3) is 5.41. The van der Waals surface area contributed by atoms with Crippen molar-refractivity contribution in [1.29, 1.82) is 0 Å². The van der Waals surface area contributed by atoms with Gasteiger partial charge in [0.25, 0.3) is 0 Å². The minimum Gasteiger partial charge on any atom is -0.352 e. The summed E-state index contributed by atoms with van der Waals surface area (Å²) in [5.41, 5.74) is 3.44. The lowest BCUT2D eigenvalue weighted by Gasteiger charge is -2.22. The Bertz CT molecular complexity index is 872. The lowest BCUT2D eigenvalue weighted by Crippen LogP contribution is -2.38. The number of nitrogens with one attached hydrogen (secondary N) is 1. The van der Waals surface area contributed by atoms with Crippen LogP contribution in [0, 0.1) is 5.82 Å². The number of rotatable bonds is 6. The van der Waals surface area contributed by atoms with Crippen molar-refractivity contribution in [3.63, 3.8) is 0 Å². The molecular weight excluding hydrogens is 341 g/mol. The summed E-state index contributed by atoms with van der Waals surface area (Å²) in [6.07, 6.45) is 5.56. The highest BCUT2D eigenvalue weighted by Crippen LogP contribution is 2.09. The summed E-state index contributed by atoms with van der Waals surface area (Å²) in [6, 6.07) is 15.0. The van der Waals surface area contributed by atoms with Gasteiger partial charge in [0.2, 0.25) is 0 Å². The summed E-state index contributed by atoms with van der Waals surface area (Å²) in [5, 5.41) is 3.39. The van der Waals surface area contributed by atoms with Crippen LogP contribution in [0.15, 0.2) is 72.2 Å². The molecule has 5 nitrogen and oxygen atoms in total. The smallest absolute Gasteiger partial charge is 0.193 e. The van der Waals surface area contributed by atoms with Crippen molar-refractivity contribution >= 4 is 5.96 Å². The van der Waals surface area contributed by atoms with Crippen molar-refractivity contribution in [1.82, 2.24) is 19.8 Å². The van der Waals surface area contributed by atoms with Gasteiger partial charge < -0.3 is 14.8 Å². The van der Waals surface area contributed by atoms with Gasteiger partial charge >= 0.3 is 0 Å². The number of benzene rings is 2. The maximum absolute atomic E-state index is 13.1. The molecule has 0 atom stereocenters. The predicted octanol–water partition coefficient (Wildman–Crippen LogP) is 3.28. The number of aliphatic imine (C=N–C) groups is 1. The van der Waals surface area contributed by atoms with Crippen LogP contribution in [0.2, 0.25) is 0 Å². The Kier molecular flexibility index (Phi) is 6.20. The maximum atomic E-state index is 13.1. The van der Waals surface area contributed by atoms with E-state index in [-0.39, 0.29) is 5.82 Å². The number of halogens is 1. The van der Waals surface area contributed by atoms with Gasteiger partial charge in [0.15, 0.2) is 5.96 Å². The number of hydrogen-bond acceptors (Lipinski definition) is 2. The average molecular weight is 365 g/mol. The second kappa shape index (κ2) is 8.98. The highest BCUT2D eigenvalue weighted by Gasteiger charge is 2.07. The Balaban J connectivity index is 1.58. The topological polar surface area (TPSA) is 45.5 Å². The molecule has 0 unspecified atom stereocenters. The predicted molar refractivity (Wildman–Crippen MR) is 106 cm³/mol. The number of hydrogen-bond donors (Lipinski definition) is 1. The fourth-order valence-electron chi connectivity index (χ4n) is 2.93. The second-order valence-corrected chi connectivity index (χ2v) is 6.44. The first kappa shape index (κ1) is 18.6. The van der Waals surface area contributed by atoms with Crippen molar-refractivity contribution in [2.45, 2.75) is 19.6 Å². The molecule has 0 aliphatic carbocycles. The van der Waals surface area contributed by atoms with Crippen LogP contribution < -0.4 is 5.32 Å². The van der Waals surface area contributed by atoms with E-state index in [1.165, 1.54) is 23.3 Å². The third-order valence-electron chi connectivity index (χ3n) is 4.27. The van der Waals surface area contributed by atoms with Crippen LogP contribution in [-0.2, 0) is 19.6 Å². The lowest BCUT2D eigenvalue weighted by molar-refractivity contribution is 0.476. The first-order valence-corrected chi connectivity index (χ1v) is 8.84. The van der Waals surface area contributed by atoms with E-state index in [1.807, 2.05) is 29.0 Å². The van der Waals surface area contributed by atoms with Crippen LogP contribution in [0.25, 0.3) is 0 Å². The van der Waals surface area contributed by atoms with Gasteiger partial charge in [-0.2, -0.15) is 0 Å². The average Bonchev–Trinajstić information content (AvgIpc) is 3.17. The van der Waals surface area contributed by atoms with Crippen molar-refractivity contribution in [2.75, 3.05) is 14.1 Å². The van der Waals surface area contributed by atoms with Gasteiger partial charge in [-0.05, 0) is 28.8 Å². The Morgan fingerprint density at radius 2 is 1.93 bits per heavy atom. The van der Waals surface area contributed by atoms with Crippen LogP contribution >= 0.6 is 0 Å². The molecule has 0 radical (unpaired) electrons. The normalized spacial score (nSPS) is 11.4. The van der Waals surface area contributed by atoms with Crippen LogP contribution in [0.3, 0.4) is 0 Å². The van der Waals surface area contributed by atoms with Gasteiger partial charge in [-0.15, -0.1) is 0 Å². The number of imidazole rings is 1. The van der Waals surface area contributed by atoms with Gasteiger partial charge in [-0.25, -0.2) is 9.37 Å². The van der Waals surface area contributed by atoms with E-state index in [4.69, 9.17) is 0 Å². The molecule has 0 spiro atoms. The molecule has 6 heteroatoms. The maximum Gasteiger partial charge on any atom is 0.193 e. The molecule has 0 aliphatic rings. The molecule has 0 amide bonds. The van der Waals surface area contributed by atoms with E-state index < -0.39 is 0 Å². The molecule has 1 N–H and O–H groups in total. The summed E-state index contributed by atoms with van der Waals surface area (Å²) in [7, 11) is 3.73. The third-order valence-corrected chi connectivity index (χ3v) is 4.27. The minimum absolute atomic E-state index is 0.223. The molecule has 2 aromatic carbocycles. The van der Waals surface area contributed by atoms with Crippen molar-refractivity contribution in [3.05, 3.63) is 89.8 Å². The highest BCUT2D eigenvalue weighted by atomic mass is 19.1. The molecule has 27 heavy (non-hydrogen) atoms. The zero-order chi connectivity index (χ0) is 19.1. The first-order valence-electron chi connectivity index (χ1n) is 8.84. The van der Waals surface area contributed by atoms with Gasteiger partial charge in [0, 0.05) is 46.1 Å². The molecule has 3 rings (SSSR count). The van der Waals surface area contributed by atoms with Crippen molar-refractivity contribution < 1.29 is 4.39 Å². The molecular formula is C21H24FN5. The zero-order valence-electron chi connectivity index (χ0n) is 15.6. The number of guanidine groups is 1. The molecule has 140 valence electrons. The van der Waals surface area contributed by atoms with Crippen molar-refractivity contribution in [3.8, 4) is 0 Å². The van der Waals surface area contributed by atoms with Gasteiger partial charge in [0.05, 0.1) is 6.33 Å². The van der Waals surface area contributed by atoms with Gasteiger partial charge in [-0.3, -0.25) is 4.99 Å². The van der Waals surface area contributed by atoms with E-state index in [1.54, 1.807) is 25.4 Å². The standard InChI is InChI=1S/C21H24FN5/c1-23-21(26(2)14-17-6-8-20(22)9-7-17)25-13-18-4-3-5-19(12-18)15-27-11-10-24-16-27/h3-12,16H,13-15H2,1-2H3,(H,23,25). The summed E-state index contributed by atoms with van der Waals surface area (Å²) >= 11 is 0. The molecule has 1 aromatic heterocycles. The Morgan fingerprint density at radius 1 is 1.15 bits per heavy atom. The SMILES string of the molecule is CN=C(NCc1cccc(Cn2ccnc2)c1)N(C)Cc1ccc(F)cc1. The van der Waals surface area contributed by atoms with Gasteiger partial charge in [0.1, 0.15) is 5.82 Å². The fraction of sp³-hybridized carbons (Fsp3) is 0.238. The lowest BCUT2D eigenvalue weighted by atomic mass is 10.1. The Morgan fingerprint density at radius 3 is 2.63 bits per heavy atom. The molecule has 3 aromatic rings. The minimum atomic E-state index is -0.223. The van der Waals surface area contributed by atoms with E-state index in [2.05, 4.69) is 39.6 Å². The fourth-order valence-corrected chi connectivity index (χ4v) is 2.93. The molecule has 0 saturated carbocycles.